The molecule has 2 aromatic rings. The quantitative estimate of drug-likeness (QED) is 0.425. The lowest BCUT2D eigenvalue weighted by Gasteiger charge is -2.16. The van der Waals surface area contributed by atoms with Crippen molar-refractivity contribution >= 4 is 11.4 Å². The Labute approximate surface area is 207 Å². The highest BCUT2D eigenvalue weighted by atomic mass is 19.4. The lowest BCUT2D eigenvalue weighted by Crippen LogP contribution is -2.35. The smallest absolute Gasteiger partial charge is 0.416 e. The number of halogens is 3. The largest absolute Gasteiger partial charge is 0.507 e. The number of aromatic hydroxyl groups is 1. The molecule has 1 unspecified atom stereocenters. The second-order valence-electron chi connectivity index (χ2n) is 9.90. The molecule has 1 aliphatic heterocycles. The number of hydrogen-bond donors (Lipinski definition) is 3. The molecule has 0 fully saturated rings. The van der Waals surface area contributed by atoms with Crippen molar-refractivity contribution < 1.29 is 18.3 Å². The third-order valence-electron chi connectivity index (χ3n) is 5.65. The van der Waals surface area contributed by atoms with Crippen LogP contribution in [0.2, 0.25) is 0 Å². The van der Waals surface area contributed by atoms with Gasteiger partial charge in [-0.25, -0.2) is 0 Å². The third kappa shape index (κ3) is 8.79. The summed E-state index contributed by atoms with van der Waals surface area (Å²) >= 11 is 0. The summed E-state index contributed by atoms with van der Waals surface area (Å²) in [7, 11) is 0. The monoisotopic (exact) mass is 491 g/mol. The van der Waals surface area contributed by atoms with Crippen LogP contribution in [0.4, 0.5) is 13.2 Å². The predicted molar refractivity (Wildman–Crippen MR) is 137 cm³/mol. The van der Waals surface area contributed by atoms with E-state index in [-0.39, 0.29) is 0 Å². The van der Waals surface area contributed by atoms with Gasteiger partial charge < -0.3 is 15.7 Å². The van der Waals surface area contributed by atoms with Gasteiger partial charge in [-0.05, 0) is 42.5 Å². The van der Waals surface area contributed by atoms with E-state index >= 15 is 0 Å². The van der Waals surface area contributed by atoms with Crippen LogP contribution in [0, 0.1) is 11.8 Å². The van der Waals surface area contributed by atoms with Crippen LogP contribution in [0.5, 0.6) is 5.75 Å². The molecule has 4 nitrogen and oxygen atoms in total. The topological polar surface area (TPSA) is 57.2 Å². The van der Waals surface area contributed by atoms with Crippen molar-refractivity contribution in [1.29, 1.82) is 0 Å². The number of aromatic nitrogens is 1. The van der Waals surface area contributed by atoms with Gasteiger partial charge in [-0.15, -0.1) is 0 Å². The second-order valence-corrected chi connectivity index (χ2v) is 9.90. The molecule has 194 valence electrons. The number of pyridine rings is 1. The van der Waals surface area contributed by atoms with E-state index in [2.05, 4.69) is 50.2 Å². The fourth-order valence-electron chi connectivity index (χ4n) is 3.88. The summed E-state index contributed by atoms with van der Waals surface area (Å²) in [6.45, 7) is 12.4. The van der Waals surface area contributed by atoms with Crippen LogP contribution in [-0.4, -0.2) is 23.2 Å². The van der Waals surface area contributed by atoms with Gasteiger partial charge in [-0.3, -0.25) is 4.98 Å². The Morgan fingerprint density at radius 3 is 2.43 bits per heavy atom. The number of phenols is 1. The van der Waals surface area contributed by atoms with Crippen molar-refractivity contribution in [2.45, 2.75) is 72.9 Å². The first-order valence-corrected chi connectivity index (χ1v) is 12.6. The molecule has 3 N–H and O–H groups in total. The third-order valence-corrected chi connectivity index (χ3v) is 5.65. The number of rotatable bonds is 8. The highest BCUT2D eigenvalue weighted by Gasteiger charge is 2.31. The summed E-state index contributed by atoms with van der Waals surface area (Å²) in [5.74, 6) is 0.971. The molecule has 0 saturated heterocycles. The summed E-state index contributed by atoms with van der Waals surface area (Å²) in [6.07, 6.45) is 4.49. The molecule has 2 heterocycles. The fourth-order valence-corrected chi connectivity index (χ4v) is 3.88. The first-order valence-electron chi connectivity index (χ1n) is 12.6. The van der Waals surface area contributed by atoms with E-state index < -0.39 is 17.5 Å². The molecule has 0 bridgehead atoms. The van der Waals surface area contributed by atoms with Gasteiger partial charge in [0.25, 0.3) is 0 Å². The van der Waals surface area contributed by atoms with E-state index in [1.165, 1.54) is 31.7 Å². The molecule has 1 aromatic heterocycles. The number of alkyl halides is 3. The first-order chi connectivity index (χ1) is 16.5. The minimum atomic E-state index is -4.50. The van der Waals surface area contributed by atoms with Crippen LogP contribution in [0.15, 0.2) is 36.7 Å². The van der Waals surface area contributed by atoms with Crippen molar-refractivity contribution in [2.24, 2.45) is 11.8 Å². The Morgan fingerprint density at radius 2 is 1.80 bits per heavy atom. The molecule has 3 rings (SSSR count). The number of benzene rings is 1. The zero-order valence-corrected chi connectivity index (χ0v) is 21.6. The average Bonchev–Trinajstić information content (AvgIpc) is 2.96. The molecule has 1 aromatic carbocycles. The zero-order valence-electron chi connectivity index (χ0n) is 21.6. The number of nitrogens with zero attached hydrogens (tertiary/aromatic N) is 1. The molecule has 35 heavy (non-hydrogen) atoms. The van der Waals surface area contributed by atoms with Crippen molar-refractivity contribution in [3.63, 3.8) is 0 Å². The Hall–Kier alpha value is -2.70. The van der Waals surface area contributed by atoms with E-state index in [1.54, 1.807) is 12.4 Å². The molecule has 0 saturated carbocycles. The van der Waals surface area contributed by atoms with Crippen LogP contribution >= 0.6 is 0 Å². The molecule has 0 amide bonds. The molecule has 1 atom stereocenters. The molecule has 0 aliphatic carbocycles. The summed E-state index contributed by atoms with van der Waals surface area (Å²) in [5.41, 5.74) is 1.13. The average molecular weight is 492 g/mol. The maximum absolute atomic E-state index is 13.0. The van der Waals surface area contributed by atoms with Crippen molar-refractivity contribution in [3.8, 4) is 5.75 Å². The van der Waals surface area contributed by atoms with Crippen molar-refractivity contribution in [2.75, 3.05) is 13.1 Å². The Morgan fingerprint density at radius 1 is 1.09 bits per heavy atom. The lowest BCUT2D eigenvalue weighted by molar-refractivity contribution is -0.137. The summed E-state index contributed by atoms with van der Waals surface area (Å²) in [5, 5.41) is 19.0. The van der Waals surface area contributed by atoms with Crippen molar-refractivity contribution in [3.05, 3.63) is 58.2 Å². The van der Waals surface area contributed by atoms with Crippen LogP contribution in [0.25, 0.3) is 11.4 Å². The fraction of sp³-hybridized carbons (Fsp3) is 0.536. The first kappa shape index (κ1) is 28.5. The molecule has 0 radical (unpaired) electrons. The summed E-state index contributed by atoms with van der Waals surface area (Å²) in [4.78, 5) is 4.26. The van der Waals surface area contributed by atoms with E-state index in [4.69, 9.17) is 0 Å². The molecule has 0 spiro atoms. The highest BCUT2D eigenvalue weighted by molar-refractivity contribution is 5.70. The highest BCUT2D eigenvalue weighted by Crippen LogP contribution is 2.34. The second kappa shape index (κ2) is 13.4. The van der Waals surface area contributed by atoms with E-state index in [1.807, 2.05) is 6.07 Å². The van der Waals surface area contributed by atoms with E-state index in [0.29, 0.717) is 23.7 Å². The maximum Gasteiger partial charge on any atom is 0.416 e. The number of hydrogen-bond acceptors (Lipinski definition) is 4. The van der Waals surface area contributed by atoms with Crippen molar-refractivity contribution in [1.82, 2.24) is 15.6 Å². The maximum atomic E-state index is 13.0. The van der Waals surface area contributed by atoms with Gasteiger partial charge in [0.05, 0.1) is 11.3 Å². The van der Waals surface area contributed by atoms with E-state index in [9.17, 15) is 18.3 Å². The van der Waals surface area contributed by atoms with Gasteiger partial charge in [0.1, 0.15) is 5.75 Å². The zero-order chi connectivity index (χ0) is 26.0. The van der Waals surface area contributed by atoms with Gasteiger partial charge in [-0.1, -0.05) is 53.9 Å². The van der Waals surface area contributed by atoms with Gasteiger partial charge in [-0.2, -0.15) is 13.2 Å². The van der Waals surface area contributed by atoms with Gasteiger partial charge >= 0.3 is 6.18 Å². The molecule has 7 heteroatoms. The van der Waals surface area contributed by atoms with Crippen LogP contribution in [-0.2, 0) is 6.18 Å². The predicted octanol–water partition coefficient (Wildman–Crippen LogP) is 5.53. The Kier molecular flexibility index (Phi) is 10.9. The van der Waals surface area contributed by atoms with Gasteiger partial charge in [0.15, 0.2) is 0 Å². The number of unbranched alkanes of at least 4 members (excludes halogenated alkanes) is 2. The standard InChI is InChI=1S/C24H30F3N3O.C4H10/c1-3-4-5-6-16(2)14-30-21-10-12-29-23(18-9-11-28-15-20(18)21)19-8-7-17(13-22(19)31)24(25,26)27;1-4(2)3/h7-9,11,13,15-16,29-31H,3-6,10,12,14H2,1-2H3;4H,1-3H3. The van der Waals surface area contributed by atoms with Crippen LogP contribution < -0.4 is 21.1 Å². The lowest BCUT2D eigenvalue weighted by atomic mass is 10.0. The Balaban J connectivity index is 0.00000100. The molecular formula is C28H40F3N3O. The number of phenolic OH excluding ortho intramolecular Hbond substituents is 1. The number of nitrogens with one attached hydrogen (secondary N) is 2. The number of fused-ring (bicyclic) bond motifs is 1. The SMILES string of the molecule is CC(C)C.CCCCCC(C)CNC1=c2cnccc2=C(c2ccc(C(F)(F)F)cc2O)NCC1. The van der Waals surface area contributed by atoms with E-state index in [0.717, 1.165) is 47.2 Å². The molecular weight excluding hydrogens is 451 g/mol. The van der Waals surface area contributed by atoms with Crippen LogP contribution in [0.3, 0.4) is 0 Å². The Bertz CT molecular complexity index is 1060. The van der Waals surface area contributed by atoms with Gasteiger partial charge in [0.2, 0.25) is 0 Å². The molecule has 1 aliphatic rings. The summed E-state index contributed by atoms with van der Waals surface area (Å²) in [6, 6.07) is 4.92. The van der Waals surface area contributed by atoms with Crippen LogP contribution in [0.1, 0.15) is 77.8 Å². The summed E-state index contributed by atoms with van der Waals surface area (Å²) < 4.78 is 39.0. The van der Waals surface area contributed by atoms with Gasteiger partial charge in [0, 0.05) is 53.6 Å². The minimum absolute atomic E-state index is 0.342. The normalized spacial score (nSPS) is 14.4. The minimum Gasteiger partial charge on any atom is -0.507 e.